The minimum atomic E-state index is 0.465. The summed E-state index contributed by atoms with van der Waals surface area (Å²) in [5.41, 5.74) is 6.82. The smallest absolute Gasteiger partial charge is 0.135 e. The zero-order chi connectivity index (χ0) is 21.1. The Hall–Kier alpha value is -3.52. The van der Waals surface area contributed by atoms with Crippen molar-refractivity contribution in [1.82, 2.24) is 0 Å². The Balaban J connectivity index is 1.47. The Labute approximate surface area is 186 Å². The lowest BCUT2D eigenvalue weighted by atomic mass is 9.71. The van der Waals surface area contributed by atoms with Crippen LogP contribution in [0, 0.1) is 0 Å². The number of hydrogen-bond donors (Lipinski definition) is 0. The first-order valence-corrected chi connectivity index (χ1v) is 11.7. The summed E-state index contributed by atoms with van der Waals surface area (Å²) < 4.78 is 12.5. The Morgan fingerprint density at radius 2 is 0.906 bits per heavy atom. The second kappa shape index (κ2) is 7.00. The van der Waals surface area contributed by atoms with E-state index < -0.39 is 0 Å². The van der Waals surface area contributed by atoms with E-state index in [2.05, 4.69) is 84.9 Å². The summed E-state index contributed by atoms with van der Waals surface area (Å²) in [6, 6.07) is 30.1. The van der Waals surface area contributed by atoms with Gasteiger partial charge in [0, 0.05) is 21.5 Å². The van der Waals surface area contributed by atoms with Crippen molar-refractivity contribution in [3.05, 3.63) is 96.1 Å². The molecule has 0 bridgehead atoms. The van der Waals surface area contributed by atoms with Crippen LogP contribution in [0.5, 0.6) is 0 Å². The lowest BCUT2D eigenvalue weighted by molar-refractivity contribution is 0.389. The van der Waals surface area contributed by atoms with Crippen LogP contribution in [-0.2, 0) is 0 Å². The van der Waals surface area contributed by atoms with Crippen LogP contribution in [0.3, 0.4) is 0 Å². The molecule has 1 aliphatic rings. The Morgan fingerprint density at radius 3 is 1.41 bits per heavy atom. The van der Waals surface area contributed by atoms with E-state index in [1.807, 2.05) is 0 Å². The van der Waals surface area contributed by atoms with E-state index >= 15 is 0 Å². The van der Waals surface area contributed by atoms with Crippen molar-refractivity contribution in [3.8, 4) is 0 Å². The average Bonchev–Trinajstić information content (AvgIpc) is 3.42. The highest BCUT2D eigenvalue weighted by atomic mass is 16.3. The summed E-state index contributed by atoms with van der Waals surface area (Å²) in [4.78, 5) is 0. The number of furan rings is 2. The van der Waals surface area contributed by atoms with Crippen LogP contribution in [0.25, 0.3) is 43.9 Å². The Bertz CT molecular complexity index is 1480. The molecule has 1 saturated carbocycles. The molecule has 2 unspecified atom stereocenters. The first-order valence-electron chi connectivity index (χ1n) is 11.7. The minimum absolute atomic E-state index is 0.465. The lowest BCUT2D eigenvalue weighted by Crippen LogP contribution is -2.16. The monoisotopic (exact) mass is 416 g/mol. The number of hydrogen-bond acceptors (Lipinski definition) is 2. The van der Waals surface area contributed by atoms with Crippen molar-refractivity contribution >= 4 is 43.9 Å². The standard InChI is InChI=1S/C30H24O2/c1-2-10-20(22-14-8-18-28-30(22)24-12-4-6-16-26(24)32-28)19(9-1)21-13-7-17-27-29(21)23-11-3-5-15-25(23)31-27/h3-8,11-20H,1-2,9-10H2. The molecule has 0 saturated heterocycles. The SMILES string of the molecule is c1ccc2c(c1)oc1cccc(C3CCCCC3c3cccc4oc5ccccc5c34)c12. The van der Waals surface area contributed by atoms with Gasteiger partial charge in [-0.1, -0.05) is 73.5 Å². The second-order valence-electron chi connectivity index (χ2n) is 9.13. The van der Waals surface area contributed by atoms with E-state index in [0.29, 0.717) is 11.8 Å². The summed E-state index contributed by atoms with van der Waals surface area (Å²) >= 11 is 0. The van der Waals surface area contributed by atoms with Gasteiger partial charge in [-0.05, 0) is 60.1 Å². The summed E-state index contributed by atoms with van der Waals surface area (Å²) in [7, 11) is 0. The third kappa shape index (κ3) is 2.59. The molecule has 6 aromatic rings. The zero-order valence-corrected chi connectivity index (χ0v) is 17.9. The van der Waals surface area contributed by atoms with E-state index in [1.54, 1.807) is 0 Å². The molecule has 2 atom stereocenters. The molecule has 0 spiro atoms. The van der Waals surface area contributed by atoms with Crippen LogP contribution in [0.4, 0.5) is 0 Å². The number of benzene rings is 4. The van der Waals surface area contributed by atoms with E-state index in [1.165, 1.54) is 58.4 Å². The molecular weight excluding hydrogens is 392 g/mol. The van der Waals surface area contributed by atoms with Crippen molar-refractivity contribution in [2.45, 2.75) is 37.5 Å². The Morgan fingerprint density at radius 1 is 0.469 bits per heavy atom. The van der Waals surface area contributed by atoms with Gasteiger partial charge in [0.15, 0.2) is 0 Å². The highest BCUT2D eigenvalue weighted by molar-refractivity contribution is 6.08. The molecule has 2 heteroatoms. The highest BCUT2D eigenvalue weighted by Crippen LogP contribution is 2.49. The van der Waals surface area contributed by atoms with E-state index in [0.717, 1.165) is 22.3 Å². The Kier molecular flexibility index (Phi) is 3.96. The predicted octanol–water partition coefficient (Wildman–Crippen LogP) is 8.93. The number of para-hydroxylation sites is 2. The van der Waals surface area contributed by atoms with Gasteiger partial charge in [-0.15, -0.1) is 0 Å². The molecular formula is C30H24O2. The summed E-state index contributed by atoms with van der Waals surface area (Å²) in [5.74, 6) is 0.931. The number of fused-ring (bicyclic) bond motifs is 6. The molecule has 1 aliphatic carbocycles. The molecule has 2 heterocycles. The fourth-order valence-corrected chi connectivity index (χ4v) is 6.10. The van der Waals surface area contributed by atoms with Crippen molar-refractivity contribution < 1.29 is 8.83 Å². The molecule has 1 fully saturated rings. The summed E-state index contributed by atoms with van der Waals surface area (Å²) in [5, 5.41) is 5.05. The van der Waals surface area contributed by atoms with Crippen molar-refractivity contribution in [2.75, 3.05) is 0 Å². The van der Waals surface area contributed by atoms with Crippen molar-refractivity contribution in [3.63, 3.8) is 0 Å². The van der Waals surface area contributed by atoms with Gasteiger partial charge < -0.3 is 8.83 Å². The van der Waals surface area contributed by atoms with Crippen LogP contribution in [0.2, 0.25) is 0 Å². The normalized spacial score (nSPS) is 19.4. The first kappa shape index (κ1) is 18.1. The maximum Gasteiger partial charge on any atom is 0.135 e. The van der Waals surface area contributed by atoms with Crippen LogP contribution in [0.15, 0.2) is 93.8 Å². The molecule has 0 aliphatic heterocycles. The van der Waals surface area contributed by atoms with Crippen LogP contribution >= 0.6 is 0 Å². The van der Waals surface area contributed by atoms with E-state index in [4.69, 9.17) is 8.83 Å². The molecule has 2 nitrogen and oxygen atoms in total. The largest absolute Gasteiger partial charge is 0.456 e. The molecule has 2 aromatic heterocycles. The maximum atomic E-state index is 6.23. The summed E-state index contributed by atoms with van der Waals surface area (Å²) in [6.45, 7) is 0. The van der Waals surface area contributed by atoms with Crippen LogP contribution in [0.1, 0.15) is 48.6 Å². The van der Waals surface area contributed by atoms with Gasteiger partial charge in [0.1, 0.15) is 22.3 Å². The molecule has 0 N–H and O–H groups in total. The van der Waals surface area contributed by atoms with Gasteiger partial charge in [0.05, 0.1) is 0 Å². The quantitative estimate of drug-likeness (QED) is 0.282. The molecule has 0 amide bonds. The van der Waals surface area contributed by atoms with Gasteiger partial charge in [-0.25, -0.2) is 0 Å². The molecule has 32 heavy (non-hydrogen) atoms. The second-order valence-corrected chi connectivity index (χ2v) is 9.13. The van der Waals surface area contributed by atoms with Crippen LogP contribution in [-0.4, -0.2) is 0 Å². The minimum Gasteiger partial charge on any atom is -0.456 e. The molecule has 0 radical (unpaired) electrons. The predicted molar refractivity (Wildman–Crippen MR) is 131 cm³/mol. The molecule has 4 aromatic carbocycles. The van der Waals surface area contributed by atoms with Crippen molar-refractivity contribution in [2.24, 2.45) is 0 Å². The van der Waals surface area contributed by atoms with Crippen molar-refractivity contribution in [1.29, 1.82) is 0 Å². The van der Waals surface area contributed by atoms with Gasteiger partial charge in [-0.3, -0.25) is 0 Å². The van der Waals surface area contributed by atoms with E-state index in [9.17, 15) is 0 Å². The van der Waals surface area contributed by atoms with Gasteiger partial charge in [0.25, 0.3) is 0 Å². The lowest BCUT2D eigenvalue weighted by Gasteiger charge is -2.33. The zero-order valence-electron chi connectivity index (χ0n) is 17.9. The molecule has 156 valence electrons. The third-order valence-corrected chi connectivity index (χ3v) is 7.43. The average molecular weight is 417 g/mol. The third-order valence-electron chi connectivity index (χ3n) is 7.43. The topological polar surface area (TPSA) is 26.3 Å². The van der Waals surface area contributed by atoms with Gasteiger partial charge >= 0.3 is 0 Å². The molecule has 7 rings (SSSR count). The fraction of sp³-hybridized carbons (Fsp3) is 0.200. The van der Waals surface area contributed by atoms with Gasteiger partial charge in [-0.2, -0.15) is 0 Å². The maximum absolute atomic E-state index is 6.23. The van der Waals surface area contributed by atoms with Gasteiger partial charge in [0.2, 0.25) is 0 Å². The van der Waals surface area contributed by atoms with Crippen LogP contribution < -0.4 is 0 Å². The number of rotatable bonds is 2. The summed E-state index contributed by atoms with van der Waals surface area (Å²) in [6.07, 6.45) is 4.95. The fourth-order valence-electron chi connectivity index (χ4n) is 6.10. The van der Waals surface area contributed by atoms with E-state index in [-0.39, 0.29) is 0 Å². The highest BCUT2D eigenvalue weighted by Gasteiger charge is 2.31. The first-order chi connectivity index (χ1) is 15.9.